The van der Waals surface area contributed by atoms with Gasteiger partial charge in [-0.05, 0) is 12.8 Å². The minimum atomic E-state index is -0.883. The first-order chi connectivity index (χ1) is 5.70. The topological polar surface area (TPSA) is 60.8 Å². The summed E-state index contributed by atoms with van der Waals surface area (Å²) in [5.41, 5.74) is 0. The molecule has 2 N–H and O–H groups in total. The largest absolute Gasteiger partial charge is 0.465 e. The monoisotopic (exact) mass is 175 g/mol. The van der Waals surface area contributed by atoms with Crippen LogP contribution in [0, 0.1) is 0 Å². The first-order valence-electron chi connectivity index (χ1n) is 4.36. The third-order valence-electron chi connectivity index (χ3n) is 1.74. The summed E-state index contributed by atoms with van der Waals surface area (Å²) in [6.45, 7) is 4.94. The highest BCUT2D eigenvalue weighted by atomic mass is 16.4. The van der Waals surface area contributed by atoms with Gasteiger partial charge in [0.05, 0.1) is 6.10 Å². The maximum atomic E-state index is 10.3. The minimum absolute atomic E-state index is 0.296. The van der Waals surface area contributed by atoms with E-state index in [4.69, 9.17) is 10.2 Å². The molecular weight excluding hydrogens is 158 g/mol. The van der Waals surface area contributed by atoms with Gasteiger partial charge in [0, 0.05) is 13.1 Å². The molecule has 0 aromatic rings. The fourth-order valence-electron chi connectivity index (χ4n) is 1.06. The predicted octanol–water partition coefficient (Wildman–Crippen LogP) is 1.15. The van der Waals surface area contributed by atoms with Gasteiger partial charge in [0.1, 0.15) is 0 Å². The zero-order chi connectivity index (χ0) is 9.56. The molecule has 12 heavy (non-hydrogen) atoms. The molecule has 0 aromatic heterocycles. The lowest BCUT2D eigenvalue weighted by molar-refractivity contribution is 0.0769. The number of aliphatic hydroxyl groups is 1. The first-order valence-corrected chi connectivity index (χ1v) is 4.36. The van der Waals surface area contributed by atoms with Crippen molar-refractivity contribution in [3.63, 3.8) is 0 Å². The molecule has 0 atom stereocenters. The zero-order valence-electron chi connectivity index (χ0n) is 7.66. The van der Waals surface area contributed by atoms with E-state index in [1.165, 1.54) is 4.90 Å². The van der Waals surface area contributed by atoms with Crippen molar-refractivity contribution in [3.8, 4) is 0 Å². The highest BCUT2D eigenvalue weighted by Gasteiger charge is 2.19. The van der Waals surface area contributed by atoms with Gasteiger partial charge in [-0.25, -0.2) is 4.79 Å². The van der Waals surface area contributed by atoms with Crippen LogP contribution in [0.25, 0.3) is 0 Å². The molecule has 0 unspecified atom stereocenters. The van der Waals surface area contributed by atoms with E-state index < -0.39 is 6.09 Å². The lowest BCUT2D eigenvalue weighted by atomic mass is 10.1. The Hall–Kier alpha value is -0.770. The molecule has 1 fully saturated rings. The maximum absolute atomic E-state index is 10.3. The van der Waals surface area contributed by atoms with Gasteiger partial charge < -0.3 is 15.1 Å². The van der Waals surface area contributed by atoms with E-state index in [-0.39, 0.29) is 6.10 Å². The summed E-state index contributed by atoms with van der Waals surface area (Å²) in [5, 5.41) is 17.5. The number of aliphatic hydroxyl groups excluding tert-OH is 1. The highest BCUT2D eigenvalue weighted by molar-refractivity contribution is 5.64. The van der Waals surface area contributed by atoms with Gasteiger partial charge in [0.25, 0.3) is 0 Å². The summed E-state index contributed by atoms with van der Waals surface area (Å²) in [6.07, 6.45) is -0.0269. The number of hydrogen-bond donors (Lipinski definition) is 2. The van der Waals surface area contributed by atoms with Crippen LogP contribution in [-0.4, -0.2) is 40.4 Å². The van der Waals surface area contributed by atoms with Crippen LogP contribution in [0.3, 0.4) is 0 Å². The Balaban J connectivity index is 0.000000561. The molecule has 1 amide bonds. The number of rotatable bonds is 0. The zero-order valence-corrected chi connectivity index (χ0v) is 7.66. The maximum Gasteiger partial charge on any atom is 0.407 e. The standard InChI is InChI=1S/C6H11NO3.C2H6/c8-5-1-3-7(4-2-5)6(9)10;1-2/h5,8H,1-4H2,(H,9,10);1-2H3. The number of amides is 1. The van der Waals surface area contributed by atoms with Crippen molar-refractivity contribution in [2.45, 2.75) is 32.8 Å². The van der Waals surface area contributed by atoms with Gasteiger partial charge in [-0.3, -0.25) is 0 Å². The van der Waals surface area contributed by atoms with Crippen LogP contribution in [-0.2, 0) is 0 Å². The van der Waals surface area contributed by atoms with E-state index in [9.17, 15) is 4.79 Å². The lowest BCUT2D eigenvalue weighted by Crippen LogP contribution is -2.39. The molecule has 1 rings (SSSR count). The number of likely N-dealkylation sites (tertiary alicyclic amines) is 1. The molecule has 1 saturated heterocycles. The Morgan fingerprint density at radius 1 is 1.33 bits per heavy atom. The van der Waals surface area contributed by atoms with Gasteiger partial charge in [-0.2, -0.15) is 0 Å². The van der Waals surface area contributed by atoms with Crippen LogP contribution in [0.4, 0.5) is 4.79 Å². The van der Waals surface area contributed by atoms with Crippen LogP contribution >= 0.6 is 0 Å². The third kappa shape index (κ3) is 3.57. The minimum Gasteiger partial charge on any atom is -0.465 e. The summed E-state index contributed by atoms with van der Waals surface area (Å²) in [5.74, 6) is 0. The van der Waals surface area contributed by atoms with Gasteiger partial charge in [-0.15, -0.1) is 0 Å². The molecular formula is C8H17NO3. The SMILES string of the molecule is CC.O=C(O)N1CCC(O)CC1. The van der Waals surface area contributed by atoms with E-state index in [0.29, 0.717) is 25.9 Å². The molecule has 1 aliphatic heterocycles. The molecule has 4 heteroatoms. The molecule has 72 valence electrons. The van der Waals surface area contributed by atoms with Gasteiger partial charge in [-0.1, -0.05) is 13.8 Å². The summed E-state index contributed by atoms with van der Waals surface area (Å²) >= 11 is 0. The van der Waals surface area contributed by atoms with Crippen LogP contribution in [0.15, 0.2) is 0 Å². The fraction of sp³-hybridized carbons (Fsp3) is 0.875. The fourth-order valence-corrected chi connectivity index (χ4v) is 1.06. The van der Waals surface area contributed by atoms with Gasteiger partial charge in [0.2, 0.25) is 0 Å². The normalized spacial score (nSPS) is 18.1. The predicted molar refractivity (Wildman–Crippen MR) is 46.2 cm³/mol. The van der Waals surface area contributed by atoms with E-state index in [1.807, 2.05) is 13.8 Å². The van der Waals surface area contributed by atoms with Crippen LogP contribution < -0.4 is 0 Å². The first kappa shape index (κ1) is 11.2. The second kappa shape index (κ2) is 5.83. The average molecular weight is 175 g/mol. The van der Waals surface area contributed by atoms with E-state index >= 15 is 0 Å². The Morgan fingerprint density at radius 2 is 1.75 bits per heavy atom. The third-order valence-corrected chi connectivity index (χ3v) is 1.74. The van der Waals surface area contributed by atoms with Crippen molar-refractivity contribution in [3.05, 3.63) is 0 Å². The molecule has 1 aliphatic rings. The van der Waals surface area contributed by atoms with Crippen LogP contribution in [0.5, 0.6) is 0 Å². The Bertz CT molecular complexity index is 130. The van der Waals surface area contributed by atoms with Crippen molar-refractivity contribution in [2.24, 2.45) is 0 Å². The quantitative estimate of drug-likeness (QED) is 0.580. The molecule has 0 saturated carbocycles. The number of nitrogens with zero attached hydrogens (tertiary/aromatic N) is 1. The number of hydrogen-bond acceptors (Lipinski definition) is 2. The van der Waals surface area contributed by atoms with E-state index in [2.05, 4.69) is 0 Å². The van der Waals surface area contributed by atoms with Crippen LogP contribution in [0.1, 0.15) is 26.7 Å². The lowest BCUT2D eigenvalue weighted by Gasteiger charge is -2.26. The van der Waals surface area contributed by atoms with E-state index in [1.54, 1.807) is 0 Å². The second-order valence-electron chi connectivity index (χ2n) is 2.50. The molecule has 4 nitrogen and oxygen atoms in total. The average Bonchev–Trinajstić information content (AvgIpc) is 2.09. The van der Waals surface area contributed by atoms with Crippen molar-refractivity contribution in [2.75, 3.05) is 13.1 Å². The summed E-state index contributed by atoms with van der Waals surface area (Å²) in [7, 11) is 0. The summed E-state index contributed by atoms with van der Waals surface area (Å²) < 4.78 is 0. The Labute approximate surface area is 72.8 Å². The van der Waals surface area contributed by atoms with Crippen molar-refractivity contribution in [1.82, 2.24) is 4.90 Å². The molecule has 0 radical (unpaired) electrons. The summed E-state index contributed by atoms with van der Waals surface area (Å²) in [6, 6.07) is 0. The highest BCUT2D eigenvalue weighted by Crippen LogP contribution is 2.08. The van der Waals surface area contributed by atoms with Crippen molar-refractivity contribution in [1.29, 1.82) is 0 Å². The molecule has 0 aliphatic carbocycles. The molecule has 0 spiro atoms. The second-order valence-corrected chi connectivity index (χ2v) is 2.50. The number of carboxylic acid groups (broad SMARTS) is 1. The van der Waals surface area contributed by atoms with Crippen molar-refractivity contribution < 1.29 is 15.0 Å². The molecule has 1 heterocycles. The van der Waals surface area contributed by atoms with Crippen molar-refractivity contribution >= 4 is 6.09 Å². The Morgan fingerprint density at radius 3 is 2.08 bits per heavy atom. The molecule has 0 bridgehead atoms. The Kier molecular flexibility index (Phi) is 5.45. The smallest absolute Gasteiger partial charge is 0.407 e. The van der Waals surface area contributed by atoms with Crippen LogP contribution in [0.2, 0.25) is 0 Å². The van der Waals surface area contributed by atoms with E-state index in [0.717, 1.165) is 0 Å². The van der Waals surface area contributed by atoms with Gasteiger partial charge >= 0.3 is 6.09 Å². The van der Waals surface area contributed by atoms with Gasteiger partial charge in [0.15, 0.2) is 0 Å². The number of carbonyl (C=O) groups is 1. The summed E-state index contributed by atoms with van der Waals surface area (Å²) in [4.78, 5) is 11.6. The molecule has 0 aromatic carbocycles. The number of piperidine rings is 1.